The fourth-order valence-corrected chi connectivity index (χ4v) is 3.48. The van der Waals surface area contributed by atoms with Crippen molar-refractivity contribution in [2.75, 3.05) is 6.54 Å². The van der Waals surface area contributed by atoms with Crippen molar-refractivity contribution >= 4 is 33.0 Å². The molecule has 0 atom stereocenters. The summed E-state index contributed by atoms with van der Waals surface area (Å²) in [6.07, 6.45) is 1.28. The molecule has 0 radical (unpaired) electrons. The topological polar surface area (TPSA) is 59.1 Å². The van der Waals surface area contributed by atoms with Gasteiger partial charge in [-0.05, 0) is 11.3 Å². The maximum Gasteiger partial charge on any atom is 0.251 e. The van der Waals surface area contributed by atoms with E-state index in [1.54, 1.807) is 0 Å². The van der Waals surface area contributed by atoms with Gasteiger partial charge in [0.25, 0.3) is 10.0 Å². The number of thiazole rings is 1. The van der Waals surface area contributed by atoms with Crippen LogP contribution in [0.4, 0.5) is 0 Å². The van der Waals surface area contributed by atoms with Crippen molar-refractivity contribution in [2.24, 2.45) is 11.3 Å². The van der Waals surface area contributed by atoms with E-state index in [0.29, 0.717) is 12.5 Å². The van der Waals surface area contributed by atoms with E-state index >= 15 is 0 Å². The van der Waals surface area contributed by atoms with E-state index < -0.39 is 10.0 Å². The SMILES string of the molecule is CC(C)C(C)(C)CNS(=O)(=O)c1cnc(Cl)s1. The molecule has 7 heteroatoms. The number of hydrogen-bond donors (Lipinski definition) is 1. The van der Waals surface area contributed by atoms with Crippen molar-refractivity contribution in [3.63, 3.8) is 0 Å². The second kappa shape index (κ2) is 5.22. The summed E-state index contributed by atoms with van der Waals surface area (Å²) in [5, 5.41) is 0. The van der Waals surface area contributed by atoms with Gasteiger partial charge in [0.2, 0.25) is 0 Å². The summed E-state index contributed by atoms with van der Waals surface area (Å²) in [6.45, 7) is 8.58. The minimum absolute atomic E-state index is 0.0957. The molecule has 0 saturated heterocycles. The molecule has 98 valence electrons. The first kappa shape index (κ1) is 14.9. The van der Waals surface area contributed by atoms with Gasteiger partial charge >= 0.3 is 0 Å². The molecule has 0 saturated carbocycles. The van der Waals surface area contributed by atoms with E-state index in [0.717, 1.165) is 11.3 Å². The van der Waals surface area contributed by atoms with Crippen LogP contribution in [-0.2, 0) is 10.0 Å². The lowest BCUT2D eigenvalue weighted by Gasteiger charge is -2.29. The lowest BCUT2D eigenvalue weighted by Crippen LogP contribution is -2.36. The number of hydrogen-bond acceptors (Lipinski definition) is 4. The maximum absolute atomic E-state index is 11.9. The average Bonchev–Trinajstić information content (AvgIpc) is 2.63. The molecule has 4 nitrogen and oxygen atoms in total. The van der Waals surface area contributed by atoms with Crippen LogP contribution < -0.4 is 4.72 Å². The molecular weight excluding hydrogens is 280 g/mol. The third-order valence-electron chi connectivity index (χ3n) is 3.00. The number of nitrogens with zero attached hydrogens (tertiary/aromatic N) is 1. The quantitative estimate of drug-likeness (QED) is 0.909. The molecule has 0 aliphatic heterocycles. The van der Waals surface area contributed by atoms with Crippen molar-refractivity contribution in [3.05, 3.63) is 10.7 Å². The van der Waals surface area contributed by atoms with E-state index in [-0.39, 0.29) is 14.1 Å². The number of aromatic nitrogens is 1. The zero-order valence-corrected chi connectivity index (χ0v) is 12.7. The maximum atomic E-state index is 11.9. The first-order valence-electron chi connectivity index (χ1n) is 5.26. The zero-order chi connectivity index (χ0) is 13.3. The standard InChI is InChI=1S/C10H17ClN2O2S2/c1-7(2)10(3,4)6-13-17(14,15)8-5-12-9(11)16-8/h5,7,13H,6H2,1-4H3. The highest BCUT2D eigenvalue weighted by Gasteiger charge is 2.26. The van der Waals surface area contributed by atoms with Gasteiger partial charge in [-0.15, -0.1) is 0 Å². The van der Waals surface area contributed by atoms with E-state index in [1.807, 2.05) is 13.8 Å². The summed E-state index contributed by atoms with van der Waals surface area (Å²) in [7, 11) is -3.48. The van der Waals surface area contributed by atoms with Crippen LogP contribution in [0.5, 0.6) is 0 Å². The second-order valence-electron chi connectivity index (χ2n) is 4.90. The van der Waals surface area contributed by atoms with E-state index in [9.17, 15) is 8.42 Å². The molecule has 0 spiro atoms. The van der Waals surface area contributed by atoms with Crippen LogP contribution >= 0.6 is 22.9 Å². The molecule has 1 N–H and O–H groups in total. The first-order chi connectivity index (χ1) is 7.65. The number of halogens is 1. The van der Waals surface area contributed by atoms with Crippen LogP contribution in [0.15, 0.2) is 10.4 Å². The van der Waals surface area contributed by atoms with Gasteiger partial charge < -0.3 is 0 Å². The van der Waals surface area contributed by atoms with Crippen molar-refractivity contribution in [3.8, 4) is 0 Å². The third kappa shape index (κ3) is 3.91. The second-order valence-corrected chi connectivity index (χ2v) is 8.51. The molecule has 1 heterocycles. The summed E-state index contributed by atoms with van der Waals surface area (Å²) < 4.78 is 26.8. The molecule has 0 aromatic carbocycles. The van der Waals surface area contributed by atoms with Crippen LogP contribution in [0, 0.1) is 11.3 Å². The van der Waals surface area contributed by atoms with E-state index in [1.165, 1.54) is 6.20 Å². The number of sulfonamides is 1. The highest BCUT2D eigenvalue weighted by Crippen LogP contribution is 2.27. The summed E-state index contributed by atoms with van der Waals surface area (Å²) in [5.74, 6) is 0.384. The van der Waals surface area contributed by atoms with Crippen LogP contribution in [0.3, 0.4) is 0 Å². The largest absolute Gasteiger partial charge is 0.251 e. The number of nitrogens with one attached hydrogen (secondary N) is 1. The molecule has 0 fully saturated rings. The van der Waals surface area contributed by atoms with Crippen molar-refractivity contribution in [1.29, 1.82) is 0 Å². The minimum Gasteiger partial charge on any atom is -0.232 e. The van der Waals surface area contributed by atoms with Crippen molar-refractivity contribution < 1.29 is 8.42 Å². The highest BCUT2D eigenvalue weighted by atomic mass is 35.5. The Labute approximate surface area is 111 Å². The summed E-state index contributed by atoms with van der Waals surface area (Å²) >= 11 is 6.58. The highest BCUT2D eigenvalue weighted by molar-refractivity contribution is 7.91. The summed E-state index contributed by atoms with van der Waals surface area (Å²) in [5.41, 5.74) is -0.0957. The lowest BCUT2D eigenvalue weighted by molar-refractivity contribution is 0.252. The molecule has 0 aliphatic carbocycles. The molecular formula is C10H17ClN2O2S2. The third-order valence-corrected chi connectivity index (χ3v) is 5.98. The van der Waals surface area contributed by atoms with Gasteiger partial charge in [-0.1, -0.05) is 50.6 Å². The van der Waals surface area contributed by atoms with Gasteiger partial charge in [-0.25, -0.2) is 18.1 Å². The van der Waals surface area contributed by atoms with Gasteiger partial charge in [-0.2, -0.15) is 0 Å². The Bertz CT molecular complexity index is 480. The van der Waals surface area contributed by atoms with Crippen LogP contribution in [0.1, 0.15) is 27.7 Å². The van der Waals surface area contributed by atoms with Crippen molar-refractivity contribution in [2.45, 2.75) is 31.9 Å². The van der Waals surface area contributed by atoms with E-state index in [2.05, 4.69) is 23.6 Å². The first-order valence-corrected chi connectivity index (χ1v) is 7.94. The van der Waals surface area contributed by atoms with E-state index in [4.69, 9.17) is 11.6 Å². The molecule has 0 aliphatic rings. The Kier molecular flexibility index (Phi) is 4.57. The van der Waals surface area contributed by atoms with Crippen molar-refractivity contribution in [1.82, 2.24) is 9.71 Å². The monoisotopic (exact) mass is 296 g/mol. The Hall–Kier alpha value is -0.170. The lowest BCUT2D eigenvalue weighted by atomic mass is 9.81. The smallest absolute Gasteiger partial charge is 0.232 e. The summed E-state index contributed by atoms with van der Waals surface area (Å²) in [6, 6.07) is 0. The van der Waals surface area contributed by atoms with Gasteiger partial charge in [0.15, 0.2) is 8.68 Å². The molecule has 0 bridgehead atoms. The molecule has 1 aromatic heterocycles. The zero-order valence-electron chi connectivity index (χ0n) is 10.3. The van der Waals surface area contributed by atoms with Gasteiger partial charge in [0.1, 0.15) is 0 Å². The molecule has 1 aromatic rings. The minimum atomic E-state index is -3.48. The van der Waals surface area contributed by atoms with Gasteiger partial charge in [-0.3, -0.25) is 0 Å². The fraction of sp³-hybridized carbons (Fsp3) is 0.700. The van der Waals surface area contributed by atoms with Crippen LogP contribution in [0.25, 0.3) is 0 Å². The van der Waals surface area contributed by atoms with Gasteiger partial charge in [0.05, 0.1) is 6.20 Å². The normalized spacial score (nSPS) is 13.3. The fourth-order valence-electron chi connectivity index (χ4n) is 0.920. The van der Waals surface area contributed by atoms with Gasteiger partial charge in [0, 0.05) is 6.54 Å². The Morgan fingerprint density at radius 2 is 2.12 bits per heavy atom. The predicted molar refractivity (Wildman–Crippen MR) is 70.9 cm³/mol. The van der Waals surface area contributed by atoms with Crippen LogP contribution in [0.2, 0.25) is 4.47 Å². The Morgan fingerprint density at radius 3 is 2.53 bits per heavy atom. The Balaban J connectivity index is 2.76. The molecule has 0 amide bonds. The summed E-state index contributed by atoms with van der Waals surface area (Å²) in [4.78, 5) is 3.73. The molecule has 0 unspecified atom stereocenters. The average molecular weight is 297 g/mol. The van der Waals surface area contributed by atoms with Crippen LogP contribution in [-0.4, -0.2) is 19.9 Å². The number of rotatable bonds is 5. The Morgan fingerprint density at radius 1 is 1.53 bits per heavy atom. The molecule has 1 rings (SSSR count). The molecule has 17 heavy (non-hydrogen) atoms. The predicted octanol–water partition coefficient (Wildman–Crippen LogP) is 2.76.